The summed E-state index contributed by atoms with van der Waals surface area (Å²) in [5, 5.41) is 46.1. The number of hydrogen-bond donors (Lipinski definition) is 4. The van der Waals surface area contributed by atoms with Crippen molar-refractivity contribution in [1.82, 2.24) is 18.6 Å². The maximum absolute atomic E-state index is 15.1. The van der Waals surface area contributed by atoms with Crippen molar-refractivity contribution < 1.29 is 60.4 Å². The first-order chi connectivity index (χ1) is 29.4. The Balaban J connectivity index is 1.38. The summed E-state index contributed by atoms with van der Waals surface area (Å²) in [6, 6.07) is 7.67. The SMILES string of the molecule is CC(C)c1c(O)c(ON(C)S(=O)(=O)c2c3c(c(O)c(O)c2C(C)(C)C)C(O)N(Cc2ccc(F)c(Cl)c2)C3)c2c(c1S(=O)(=O)N1CCOCC1)CN(Cc1ccc(F)c(Cl)c1)C2=O. The number of nitrogens with zero attached hydrogens (tertiary/aromatic N) is 4. The standard InChI is InChI=1S/C42H46Cl2F2N4O11S2/c1-21(2)30-35(52)37(32-25(38(30)63(58,59)50-11-13-60-14-12-50)20-49(41(32)55)18-23-8-10-29(46)27(44)16-23)61-47(6)62(56,57)39-24-19-48(17-22-7-9-28(45)26(43)15-22)40(54)31(24)34(51)36(53)33(39)42(3,4)5/h7-10,15-16,21,40,51-54H,11-14,17-20H2,1-6H3. The first kappa shape index (κ1) is 46.7. The van der Waals surface area contributed by atoms with Gasteiger partial charge in [-0.25, -0.2) is 25.6 Å². The lowest BCUT2D eigenvalue weighted by atomic mass is 9.84. The minimum atomic E-state index is -5.05. The third-order valence-corrected chi connectivity index (χ3v) is 15.6. The van der Waals surface area contributed by atoms with Crippen LogP contribution in [-0.4, -0.2) is 95.1 Å². The minimum Gasteiger partial charge on any atom is -0.504 e. The minimum absolute atomic E-state index is 0.0238. The van der Waals surface area contributed by atoms with Crippen LogP contribution in [0, 0.1) is 11.6 Å². The number of phenolic OH excluding ortho intramolecular Hbond substituents is 3. The number of amides is 1. The number of sulfonamides is 2. The summed E-state index contributed by atoms with van der Waals surface area (Å²) in [4.78, 5) is 22.3. The summed E-state index contributed by atoms with van der Waals surface area (Å²) in [7, 11) is -8.54. The molecule has 7 rings (SSSR count). The van der Waals surface area contributed by atoms with Gasteiger partial charge in [-0.1, -0.05) is 70.0 Å². The van der Waals surface area contributed by atoms with Crippen LogP contribution in [0.5, 0.6) is 23.0 Å². The van der Waals surface area contributed by atoms with Crippen molar-refractivity contribution in [1.29, 1.82) is 0 Å². The number of rotatable bonds is 11. The zero-order valence-electron chi connectivity index (χ0n) is 35.0. The molecular formula is C42H46Cl2F2N4O11S2. The molecule has 0 saturated carbocycles. The first-order valence-corrected chi connectivity index (χ1v) is 23.4. The van der Waals surface area contributed by atoms with Crippen molar-refractivity contribution in [2.75, 3.05) is 33.4 Å². The number of hydroxylamine groups is 1. The van der Waals surface area contributed by atoms with E-state index < -0.39 is 88.6 Å². The third-order valence-electron chi connectivity index (χ3n) is 11.3. The Morgan fingerprint density at radius 3 is 1.98 bits per heavy atom. The number of carbonyl (C=O) groups excluding carboxylic acids is 1. The summed E-state index contributed by atoms with van der Waals surface area (Å²) < 4.78 is 94.5. The Kier molecular flexibility index (Phi) is 12.5. The van der Waals surface area contributed by atoms with Gasteiger partial charge in [0.25, 0.3) is 15.9 Å². The number of aromatic hydroxyl groups is 3. The normalized spacial score (nSPS) is 17.6. The molecule has 4 aromatic carbocycles. The van der Waals surface area contributed by atoms with Gasteiger partial charge < -0.3 is 34.9 Å². The van der Waals surface area contributed by atoms with Gasteiger partial charge in [0, 0.05) is 68.6 Å². The number of phenols is 3. The van der Waals surface area contributed by atoms with E-state index in [4.69, 9.17) is 32.8 Å². The van der Waals surface area contributed by atoms with Crippen LogP contribution in [0.3, 0.4) is 0 Å². The molecule has 340 valence electrons. The van der Waals surface area contributed by atoms with E-state index in [1.54, 1.807) is 34.6 Å². The highest BCUT2D eigenvalue weighted by atomic mass is 35.5. The summed E-state index contributed by atoms with van der Waals surface area (Å²) in [6.45, 7) is 7.12. The van der Waals surface area contributed by atoms with Crippen molar-refractivity contribution in [2.24, 2.45) is 0 Å². The van der Waals surface area contributed by atoms with E-state index in [9.17, 15) is 42.4 Å². The van der Waals surface area contributed by atoms with E-state index in [2.05, 4.69) is 0 Å². The lowest BCUT2D eigenvalue weighted by molar-refractivity contribution is 0.00622. The molecule has 63 heavy (non-hydrogen) atoms. The number of fused-ring (bicyclic) bond motifs is 2. The predicted octanol–water partition coefficient (Wildman–Crippen LogP) is 6.61. The Morgan fingerprint density at radius 1 is 0.873 bits per heavy atom. The van der Waals surface area contributed by atoms with Crippen LogP contribution in [-0.2, 0) is 56.4 Å². The quantitative estimate of drug-likeness (QED) is 0.0930. The Hall–Kier alpha value is -4.31. The van der Waals surface area contributed by atoms with Crippen LogP contribution >= 0.6 is 23.2 Å². The van der Waals surface area contributed by atoms with E-state index in [1.807, 2.05) is 0 Å². The summed E-state index contributed by atoms with van der Waals surface area (Å²) in [6.07, 6.45) is -1.68. The molecule has 0 bridgehead atoms. The molecule has 1 fully saturated rings. The molecule has 0 radical (unpaired) electrons. The second kappa shape index (κ2) is 16.9. The Morgan fingerprint density at radius 2 is 1.44 bits per heavy atom. The first-order valence-electron chi connectivity index (χ1n) is 19.7. The molecule has 1 saturated heterocycles. The summed E-state index contributed by atoms with van der Waals surface area (Å²) in [5.41, 5.74) is -1.77. The zero-order chi connectivity index (χ0) is 46.2. The van der Waals surface area contributed by atoms with Gasteiger partial charge in [-0.2, -0.15) is 4.31 Å². The van der Waals surface area contributed by atoms with Crippen LogP contribution in [0.25, 0.3) is 0 Å². The molecule has 15 nitrogen and oxygen atoms in total. The van der Waals surface area contributed by atoms with E-state index in [0.717, 1.165) is 19.2 Å². The third kappa shape index (κ3) is 8.20. The zero-order valence-corrected chi connectivity index (χ0v) is 38.2. The van der Waals surface area contributed by atoms with Gasteiger partial charge in [-0.05, 0) is 56.8 Å². The number of benzene rings is 4. The van der Waals surface area contributed by atoms with Crippen molar-refractivity contribution >= 4 is 49.2 Å². The lowest BCUT2D eigenvalue weighted by Gasteiger charge is -2.30. The van der Waals surface area contributed by atoms with E-state index in [0.29, 0.717) is 15.6 Å². The van der Waals surface area contributed by atoms with Crippen LogP contribution in [0.4, 0.5) is 8.78 Å². The molecule has 1 amide bonds. The maximum atomic E-state index is 15.1. The number of halogens is 4. The molecule has 0 aliphatic carbocycles. The fraction of sp³-hybridized carbons (Fsp3) is 0.405. The van der Waals surface area contributed by atoms with E-state index in [1.165, 1.54) is 38.4 Å². The van der Waals surface area contributed by atoms with Crippen molar-refractivity contribution in [3.63, 3.8) is 0 Å². The van der Waals surface area contributed by atoms with Crippen molar-refractivity contribution in [2.45, 2.75) is 88.1 Å². The molecule has 4 N–H and O–H groups in total. The number of hydrogen-bond acceptors (Lipinski definition) is 12. The topological polar surface area (TPSA) is 198 Å². The Labute approximate surface area is 373 Å². The molecule has 4 aromatic rings. The summed E-state index contributed by atoms with van der Waals surface area (Å²) in [5.74, 6) is -6.11. The molecule has 0 aromatic heterocycles. The predicted molar refractivity (Wildman–Crippen MR) is 226 cm³/mol. The lowest BCUT2D eigenvalue weighted by Crippen LogP contribution is -2.41. The van der Waals surface area contributed by atoms with Crippen LogP contribution < -0.4 is 4.84 Å². The fourth-order valence-electron chi connectivity index (χ4n) is 8.36. The maximum Gasteiger partial charge on any atom is 0.274 e. The summed E-state index contributed by atoms with van der Waals surface area (Å²) >= 11 is 12.1. The van der Waals surface area contributed by atoms with Gasteiger partial charge in [0.2, 0.25) is 15.8 Å². The van der Waals surface area contributed by atoms with Gasteiger partial charge >= 0.3 is 0 Å². The largest absolute Gasteiger partial charge is 0.504 e. The van der Waals surface area contributed by atoms with Gasteiger partial charge in [0.1, 0.15) is 17.9 Å². The molecular weight excluding hydrogens is 910 g/mol. The highest BCUT2D eigenvalue weighted by molar-refractivity contribution is 7.89. The number of aliphatic hydroxyl groups is 1. The van der Waals surface area contributed by atoms with Crippen molar-refractivity contribution in [3.05, 3.63) is 103 Å². The van der Waals surface area contributed by atoms with E-state index in [-0.39, 0.29) is 95.2 Å². The number of ether oxygens (including phenoxy) is 1. The molecule has 0 spiro atoms. The number of aliphatic hydroxyl groups excluding tert-OH is 1. The molecule has 3 aliphatic rings. The van der Waals surface area contributed by atoms with Crippen molar-refractivity contribution in [3.8, 4) is 23.0 Å². The smallest absolute Gasteiger partial charge is 0.274 e. The highest BCUT2D eigenvalue weighted by Gasteiger charge is 2.47. The Bertz CT molecular complexity index is 2770. The molecule has 1 atom stereocenters. The van der Waals surface area contributed by atoms with Gasteiger partial charge in [-0.3, -0.25) is 9.69 Å². The highest BCUT2D eigenvalue weighted by Crippen LogP contribution is 2.54. The average molecular weight is 956 g/mol. The molecule has 1 unspecified atom stereocenters. The van der Waals surface area contributed by atoms with Gasteiger partial charge in [0.15, 0.2) is 17.2 Å². The van der Waals surface area contributed by atoms with Gasteiger partial charge in [-0.15, -0.1) is 0 Å². The fourth-order valence-corrected chi connectivity index (χ4v) is 12.3. The van der Waals surface area contributed by atoms with Gasteiger partial charge in [0.05, 0.1) is 38.6 Å². The average Bonchev–Trinajstić information content (AvgIpc) is 3.70. The van der Waals surface area contributed by atoms with E-state index >= 15 is 8.42 Å². The van der Waals surface area contributed by atoms with Crippen LogP contribution in [0.2, 0.25) is 10.0 Å². The second-order valence-electron chi connectivity index (χ2n) is 16.9. The number of morpholine rings is 1. The molecule has 3 aliphatic heterocycles. The molecule has 21 heteroatoms. The van der Waals surface area contributed by atoms with Crippen LogP contribution in [0.15, 0.2) is 46.2 Å². The second-order valence-corrected chi connectivity index (χ2v) is 21.5. The molecule has 3 heterocycles. The monoisotopic (exact) mass is 954 g/mol. The number of carbonyl (C=O) groups is 1. The van der Waals surface area contributed by atoms with Crippen LogP contribution in [0.1, 0.15) is 96.1 Å².